The molecule has 1 heterocycles. The van der Waals surface area contributed by atoms with Crippen LogP contribution in [0, 0.1) is 0 Å². The molecule has 1 saturated heterocycles. The van der Waals surface area contributed by atoms with Crippen molar-refractivity contribution in [2.24, 2.45) is 0 Å². The lowest BCUT2D eigenvalue weighted by atomic mass is 9.67. The molecule has 20 heavy (non-hydrogen) atoms. The molecule has 3 heteroatoms. The van der Waals surface area contributed by atoms with Crippen LogP contribution in [0.3, 0.4) is 0 Å². The smallest absolute Gasteiger partial charge is 0.306 e. The molecule has 0 aromatic heterocycles. The molecule has 0 unspecified atom stereocenters. The van der Waals surface area contributed by atoms with Gasteiger partial charge in [-0.05, 0) is 39.2 Å². The van der Waals surface area contributed by atoms with Gasteiger partial charge in [-0.2, -0.15) is 0 Å². The van der Waals surface area contributed by atoms with Crippen LogP contribution < -0.4 is 0 Å². The number of carbonyl (C=O) groups is 1. The summed E-state index contributed by atoms with van der Waals surface area (Å²) < 4.78 is 11.0. The fourth-order valence-electron chi connectivity index (χ4n) is 3.26. The quantitative estimate of drug-likeness (QED) is 0.790. The number of hydrogen-bond acceptors (Lipinski definition) is 3. The Kier molecular flexibility index (Phi) is 4.48. The van der Waals surface area contributed by atoms with E-state index in [2.05, 4.69) is 26.0 Å². The fraction of sp³-hybridized carbons (Fsp3) is 0.588. The second-order valence-electron chi connectivity index (χ2n) is 6.16. The summed E-state index contributed by atoms with van der Waals surface area (Å²) in [6, 6.07) is 10.3. The first-order chi connectivity index (χ1) is 9.47. The van der Waals surface area contributed by atoms with Crippen molar-refractivity contribution in [3.05, 3.63) is 35.9 Å². The van der Waals surface area contributed by atoms with Gasteiger partial charge in [-0.25, -0.2) is 0 Å². The van der Waals surface area contributed by atoms with E-state index < -0.39 is 0 Å². The molecule has 1 aliphatic rings. The SMILES string of the molecule is CCOC(=O)C[C@]1(c2ccccc2)CCOC(C)(C)C1. The molecule has 0 saturated carbocycles. The van der Waals surface area contributed by atoms with Crippen molar-refractivity contribution in [1.82, 2.24) is 0 Å². The van der Waals surface area contributed by atoms with E-state index in [-0.39, 0.29) is 17.0 Å². The summed E-state index contributed by atoms with van der Waals surface area (Å²) in [4.78, 5) is 12.0. The normalized spacial score (nSPS) is 25.1. The van der Waals surface area contributed by atoms with E-state index in [9.17, 15) is 4.79 Å². The lowest BCUT2D eigenvalue weighted by Gasteiger charge is -2.45. The van der Waals surface area contributed by atoms with E-state index in [0.717, 1.165) is 12.8 Å². The third-order valence-electron chi connectivity index (χ3n) is 4.01. The van der Waals surface area contributed by atoms with Gasteiger partial charge in [-0.15, -0.1) is 0 Å². The first-order valence-electron chi connectivity index (χ1n) is 7.33. The zero-order chi connectivity index (χ0) is 14.6. The average molecular weight is 276 g/mol. The molecule has 1 fully saturated rings. The number of benzene rings is 1. The minimum atomic E-state index is -0.208. The predicted octanol–water partition coefficient (Wildman–Crippen LogP) is 3.47. The molecule has 3 nitrogen and oxygen atoms in total. The van der Waals surface area contributed by atoms with Crippen LogP contribution in [0.15, 0.2) is 30.3 Å². The van der Waals surface area contributed by atoms with E-state index in [1.807, 2.05) is 25.1 Å². The monoisotopic (exact) mass is 276 g/mol. The summed E-state index contributed by atoms with van der Waals surface area (Å²) in [6.45, 7) is 7.15. The van der Waals surface area contributed by atoms with Crippen molar-refractivity contribution in [3.63, 3.8) is 0 Å². The number of hydrogen-bond donors (Lipinski definition) is 0. The topological polar surface area (TPSA) is 35.5 Å². The lowest BCUT2D eigenvalue weighted by molar-refractivity contribution is -0.148. The molecular weight excluding hydrogens is 252 g/mol. The maximum Gasteiger partial charge on any atom is 0.306 e. The summed E-state index contributed by atoms with van der Waals surface area (Å²) in [6.07, 6.45) is 2.12. The first-order valence-corrected chi connectivity index (χ1v) is 7.33. The first kappa shape index (κ1) is 15.0. The van der Waals surface area contributed by atoms with Crippen LogP contribution in [0.2, 0.25) is 0 Å². The second-order valence-corrected chi connectivity index (χ2v) is 6.16. The van der Waals surface area contributed by atoms with Crippen molar-refractivity contribution >= 4 is 5.97 Å². The van der Waals surface area contributed by atoms with Crippen LogP contribution in [0.5, 0.6) is 0 Å². The highest BCUT2D eigenvalue weighted by Gasteiger charge is 2.43. The van der Waals surface area contributed by atoms with Crippen molar-refractivity contribution in [2.75, 3.05) is 13.2 Å². The largest absolute Gasteiger partial charge is 0.466 e. The molecule has 1 aliphatic heterocycles. The molecule has 0 N–H and O–H groups in total. The number of carbonyl (C=O) groups excluding carboxylic acids is 1. The second kappa shape index (κ2) is 5.96. The molecule has 1 aromatic carbocycles. The molecule has 0 aliphatic carbocycles. The maximum absolute atomic E-state index is 12.0. The maximum atomic E-state index is 12.0. The summed E-state index contributed by atoms with van der Waals surface area (Å²) in [5.41, 5.74) is 0.833. The third-order valence-corrected chi connectivity index (χ3v) is 4.01. The zero-order valence-electron chi connectivity index (χ0n) is 12.6. The molecular formula is C17H24O3. The Hall–Kier alpha value is -1.35. The van der Waals surface area contributed by atoms with Crippen molar-refractivity contribution in [1.29, 1.82) is 0 Å². The minimum absolute atomic E-state index is 0.117. The van der Waals surface area contributed by atoms with Crippen LogP contribution in [0.4, 0.5) is 0 Å². The Morgan fingerprint density at radius 3 is 2.60 bits per heavy atom. The van der Waals surface area contributed by atoms with Crippen LogP contribution in [0.1, 0.15) is 45.6 Å². The number of rotatable bonds is 4. The van der Waals surface area contributed by atoms with E-state index in [1.54, 1.807) is 0 Å². The minimum Gasteiger partial charge on any atom is -0.466 e. The van der Waals surface area contributed by atoms with Gasteiger partial charge in [0.05, 0.1) is 18.6 Å². The summed E-state index contributed by atoms with van der Waals surface area (Å²) in [5.74, 6) is -0.117. The zero-order valence-corrected chi connectivity index (χ0v) is 12.6. The highest BCUT2D eigenvalue weighted by molar-refractivity contribution is 5.71. The van der Waals surface area contributed by atoms with E-state index in [1.165, 1.54) is 5.56 Å². The molecule has 1 atom stereocenters. The Morgan fingerprint density at radius 1 is 1.30 bits per heavy atom. The predicted molar refractivity (Wildman–Crippen MR) is 78.6 cm³/mol. The van der Waals surface area contributed by atoms with Gasteiger partial charge in [-0.1, -0.05) is 30.3 Å². The van der Waals surface area contributed by atoms with Crippen molar-refractivity contribution in [2.45, 2.75) is 51.0 Å². The molecule has 1 aromatic rings. The van der Waals surface area contributed by atoms with Crippen LogP contribution >= 0.6 is 0 Å². The Morgan fingerprint density at radius 2 is 2.00 bits per heavy atom. The highest BCUT2D eigenvalue weighted by Crippen LogP contribution is 2.44. The Labute approximate surface area is 121 Å². The molecule has 2 rings (SSSR count). The van der Waals surface area contributed by atoms with Crippen molar-refractivity contribution in [3.8, 4) is 0 Å². The molecule has 0 amide bonds. The third kappa shape index (κ3) is 3.40. The van der Waals surface area contributed by atoms with Crippen molar-refractivity contribution < 1.29 is 14.3 Å². The standard InChI is InChI=1S/C17H24O3/c1-4-19-15(18)12-17(14-8-6-5-7-9-14)10-11-20-16(2,3)13-17/h5-9H,4,10-13H2,1-3H3/t17-/m1/s1. The fourth-order valence-corrected chi connectivity index (χ4v) is 3.26. The molecule has 0 radical (unpaired) electrons. The highest BCUT2D eigenvalue weighted by atomic mass is 16.5. The van der Waals surface area contributed by atoms with Gasteiger partial charge in [0.25, 0.3) is 0 Å². The summed E-state index contributed by atoms with van der Waals surface area (Å²) >= 11 is 0. The lowest BCUT2D eigenvalue weighted by Crippen LogP contribution is -2.45. The van der Waals surface area contributed by atoms with E-state index >= 15 is 0 Å². The number of ether oxygens (including phenoxy) is 2. The Balaban J connectivity index is 2.31. The average Bonchev–Trinajstić information content (AvgIpc) is 2.38. The van der Waals surface area contributed by atoms with Crippen LogP contribution in [-0.2, 0) is 19.7 Å². The summed E-state index contributed by atoms with van der Waals surface area (Å²) in [7, 11) is 0. The van der Waals surface area contributed by atoms with Gasteiger partial charge >= 0.3 is 5.97 Å². The molecule has 110 valence electrons. The van der Waals surface area contributed by atoms with Gasteiger partial charge < -0.3 is 9.47 Å². The molecule has 0 bridgehead atoms. The van der Waals surface area contributed by atoms with E-state index in [0.29, 0.717) is 19.6 Å². The molecule has 0 spiro atoms. The van der Waals surface area contributed by atoms with Gasteiger partial charge in [-0.3, -0.25) is 4.79 Å². The van der Waals surface area contributed by atoms with Crippen LogP contribution in [-0.4, -0.2) is 24.8 Å². The van der Waals surface area contributed by atoms with Gasteiger partial charge in [0.15, 0.2) is 0 Å². The van der Waals surface area contributed by atoms with E-state index in [4.69, 9.17) is 9.47 Å². The van der Waals surface area contributed by atoms with Gasteiger partial charge in [0.2, 0.25) is 0 Å². The summed E-state index contributed by atoms with van der Waals surface area (Å²) in [5, 5.41) is 0. The Bertz CT molecular complexity index is 453. The number of esters is 1. The van der Waals surface area contributed by atoms with Gasteiger partial charge in [0, 0.05) is 12.0 Å². The van der Waals surface area contributed by atoms with Crippen LogP contribution in [0.25, 0.3) is 0 Å². The van der Waals surface area contributed by atoms with Gasteiger partial charge in [0.1, 0.15) is 0 Å².